The predicted octanol–water partition coefficient (Wildman–Crippen LogP) is 3.52. The van der Waals surface area contributed by atoms with E-state index in [0.717, 1.165) is 38.8 Å². The molecule has 0 N–H and O–H groups in total. The summed E-state index contributed by atoms with van der Waals surface area (Å²) >= 11 is 0. The fourth-order valence-corrected chi connectivity index (χ4v) is 4.51. The summed E-state index contributed by atoms with van der Waals surface area (Å²) in [7, 11) is 0. The van der Waals surface area contributed by atoms with Crippen molar-refractivity contribution in [1.29, 1.82) is 0 Å². The van der Waals surface area contributed by atoms with Gasteiger partial charge in [0.2, 0.25) is 11.8 Å². The summed E-state index contributed by atoms with van der Waals surface area (Å²) in [6, 6.07) is 0.391. The van der Waals surface area contributed by atoms with Crippen molar-refractivity contribution < 1.29 is 9.59 Å². The number of carbonyl (C=O) groups is 2. The van der Waals surface area contributed by atoms with E-state index >= 15 is 0 Å². The molecule has 0 spiro atoms. The molecule has 0 aromatic carbocycles. The van der Waals surface area contributed by atoms with Gasteiger partial charge in [-0.3, -0.25) is 9.59 Å². The molecule has 1 aliphatic carbocycles. The van der Waals surface area contributed by atoms with Crippen molar-refractivity contribution in [3.8, 4) is 0 Å². The van der Waals surface area contributed by atoms with Crippen molar-refractivity contribution in [3.05, 3.63) is 11.6 Å². The van der Waals surface area contributed by atoms with Crippen LogP contribution in [0.3, 0.4) is 0 Å². The first-order chi connectivity index (χ1) is 11.7. The van der Waals surface area contributed by atoms with Crippen LogP contribution in [0, 0.1) is 5.92 Å². The first kappa shape index (κ1) is 17.5. The maximum absolute atomic E-state index is 12.9. The zero-order chi connectivity index (χ0) is 16.9. The number of hydrogen-bond donors (Lipinski definition) is 0. The highest BCUT2D eigenvalue weighted by Gasteiger charge is 2.38. The zero-order valence-electron chi connectivity index (χ0n) is 15.1. The third-order valence-corrected chi connectivity index (χ3v) is 6.03. The molecule has 0 aromatic rings. The van der Waals surface area contributed by atoms with E-state index in [1.807, 2.05) is 4.90 Å². The Balaban J connectivity index is 1.53. The molecular formula is C20H32N2O2. The van der Waals surface area contributed by atoms with Crippen LogP contribution >= 0.6 is 0 Å². The Kier molecular flexibility index (Phi) is 5.96. The van der Waals surface area contributed by atoms with Crippen LogP contribution in [-0.4, -0.2) is 47.3 Å². The molecule has 0 bridgehead atoms. The minimum absolute atomic E-state index is 0.106. The highest BCUT2D eigenvalue weighted by atomic mass is 16.2. The van der Waals surface area contributed by atoms with Gasteiger partial charge in [0.25, 0.3) is 0 Å². The Labute approximate surface area is 146 Å². The maximum Gasteiger partial charge on any atom is 0.228 e. The summed E-state index contributed by atoms with van der Waals surface area (Å²) in [6.07, 6.45) is 13.2. The van der Waals surface area contributed by atoms with Gasteiger partial charge < -0.3 is 9.80 Å². The maximum atomic E-state index is 12.9. The second kappa shape index (κ2) is 8.17. The molecule has 2 fully saturated rings. The fraction of sp³-hybridized carbons (Fsp3) is 0.800. The molecule has 0 radical (unpaired) electrons. The van der Waals surface area contributed by atoms with Gasteiger partial charge in [0.15, 0.2) is 0 Å². The summed E-state index contributed by atoms with van der Waals surface area (Å²) in [4.78, 5) is 29.2. The van der Waals surface area contributed by atoms with E-state index in [4.69, 9.17) is 0 Å². The minimum atomic E-state index is -0.106. The van der Waals surface area contributed by atoms with Gasteiger partial charge in [0.05, 0.1) is 5.92 Å². The molecule has 2 amide bonds. The van der Waals surface area contributed by atoms with Crippen molar-refractivity contribution >= 4 is 11.8 Å². The number of amides is 2. The van der Waals surface area contributed by atoms with Crippen LogP contribution in [0.4, 0.5) is 0 Å². The summed E-state index contributed by atoms with van der Waals surface area (Å²) in [5, 5.41) is 0. The lowest BCUT2D eigenvalue weighted by molar-refractivity contribution is -0.139. The molecule has 134 valence electrons. The highest BCUT2D eigenvalue weighted by molar-refractivity contribution is 5.89. The number of likely N-dealkylation sites (tertiary alicyclic amines) is 2. The van der Waals surface area contributed by atoms with Gasteiger partial charge in [-0.25, -0.2) is 0 Å². The smallest absolute Gasteiger partial charge is 0.228 e. The second-order valence-corrected chi connectivity index (χ2v) is 7.69. The topological polar surface area (TPSA) is 40.6 Å². The first-order valence-electron chi connectivity index (χ1n) is 9.95. The quantitative estimate of drug-likeness (QED) is 0.723. The first-order valence-corrected chi connectivity index (χ1v) is 9.95. The Morgan fingerprint density at radius 1 is 1.25 bits per heavy atom. The Hall–Kier alpha value is -1.32. The Morgan fingerprint density at radius 2 is 2.12 bits per heavy atom. The molecule has 4 heteroatoms. The predicted molar refractivity (Wildman–Crippen MR) is 95.5 cm³/mol. The van der Waals surface area contributed by atoms with Crippen molar-refractivity contribution in [3.63, 3.8) is 0 Å². The number of allylic oxidation sites excluding steroid dienone is 1. The largest absolute Gasteiger partial charge is 0.342 e. The van der Waals surface area contributed by atoms with Crippen LogP contribution in [0.25, 0.3) is 0 Å². The minimum Gasteiger partial charge on any atom is -0.342 e. The Morgan fingerprint density at radius 3 is 2.88 bits per heavy atom. The molecule has 2 unspecified atom stereocenters. The number of nitrogens with zero attached hydrogens (tertiary/aromatic N) is 2. The standard InChI is InChI=1S/C20H32N2O2/c1-2-18-10-6-7-12-22(18)20(24)17-14-19(23)21(15-17)13-11-16-8-4-3-5-9-16/h8,17-18H,2-7,9-15H2,1H3. The molecule has 4 nitrogen and oxygen atoms in total. The van der Waals surface area contributed by atoms with Crippen LogP contribution < -0.4 is 0 Å². The lowest BCUT2D eigenvalue weighted by Crippen LogP contribution is -2.46. The fourth-order valence-electron chi connectivity index (χ4n) is 4.51. The normalized spacial score (nSPS) is 28.2. The van der Waals surface area contributed by atoms with Gasteiger partial charge in [-0.05, 0) is 57.8 Å². The molecule has 2 saturated heterocycles. The van der Waals surface area contributed by atoms with E-state index in [1.165, 1.54) is 37.7 Å². The van der Waals surface area contributed by atoms with Crippen LogP contribution in [0.1, 0.15) is 71.1 Å². The second-order valence-electron chi connectivity index (χ2n) is 7.69. The lowest BCUT2D eigenvalue weighted by Gasteiger charge is -2.36. The Bertz CT molecular complexity index is 500. The summed E-state index contributed by atoms with van der Waals surface area (Å²) in [5.74, 6) is 0.300. The molecule has 24 heavy (non-hydrogen) atoms. The molecule has 0 saturated carbocycles. The van der Waals surface area contributed by atoms with Gasteiger partial charge in [0, 0.05) is 32.1 Å². The molecule has 3 aliphatic rings. The molecule has 2 heterocycles. The molecule has 2 aliphatic heterocycles. The van der Waals surface area contributed by atoms with Crippen LogP contribution in [0.5, 0.6) is 0 Å². The van der Waals surface area contributed by atoms with Crippen molar-refractivity contribution in [2.45, 2.75) is 77.2 Å². The van der Waals surface area contributed by atoms with E-state index in [-0.39, 0.29) is 17.7 Å². The summed E-state index contributed by atoms with van der Waals surface area (Å²) in [5.41, 5.74) is 1.51. The van der Waals surface area contributed by atoms with Crippen LogP contribution in [0.2, 0.25) is 0 Å². The van der Waals surface area contributed by atoms with Gasteiger partial charge in [-0.2, -0.15) is 0 Å². The average Bonchev–Trinajstić information content (AvgIpc) is 3.01. The molecule has 0 aromatic heterocycles. The lowest BCUT2D eigenvalue weighted by atomic mass is 9.97. The number of carbonyl (C=O) groups excluding carboxylic acids is 2. The van der Waals surface area contributed by atoms with Crippen LogP contribution in [-0.2, 0) is 9.59 Å². The molecule has 3 rings (SSSR count). The third kappa shape index (κ3) is 4.01. The van der Waals surface area contributed by atoms with Crippen LogP contribution in [0.15, 0.2) is 11.6 Å². The van der Waals surface area contributed by atoms with E-state index < -0.39 is 0 Å². The number of hydrogen-bond acceptors (Lipinski definition) is 2. The highest BCUT2D eigenvalue weighted by Crippen LogP contribution is 2.27. The summed E-state index contributed by atoms with van der Waals surface area (Å²) < 4.78 is 0. The molecule has 2 atom stereocenters. The van der Waals surface area contributed by atoms with E-state index in [9.17, 15) is 9.59 Å². The van der Waals surface area contributed by atoms with Gasteiger partial charge in [0.1, 0.15) is 0 Å². The van der Waals surface area contributed by atoms with Crippen molar-refractivity contribution in [2.24, 2.45) is 5.92 Å². The van der Waals surface area contributed by atoms with Crippen molar-refractivity contribution in [1.82, 2.24) is 9.80 Å². The van der Waals surface area contributed by atoms with Crippen molar-refractivity contribution in [2.75, 3.05) is 19.6 Å². The average molecular weight is 332 g/mol. The number of piperidine rings is 1. The summed E-state index contributed by atoms with van der Waals surface area (Å²) in [6.45, 7) is 4.48. The third-order valence-electron chi connectivity index (χ3n) is 6.03. The van der Waals surface area contributed by atoms with Gasteiger partial charge >= 0.3 is 0 Å². The van der Waals surface area contributed by atoms with Gasteiger partial charge in [-0.1, -0.05) is 18.6 Å². The molecular weight excluding hydrogens is 300 g/mol. The number of rotatable bonds is 5. The SMILES string of the molecule is CCC1CCCCN1C(=O)C1CC(=O)N(CCC2=CCCCC2)C1. The zero-order valence-corrected chi connectivity index (χ0v) is 15.1. The van der Waals surface area contributed by atoms with E-state index in [1.54, 1.807) is 0 Å². The van der Waals surface area contributed by atoms with E-state index in [0.29, 0.717) is 19.0 Å². The van der Waals surface area contributed by atoms with E-state index in [2.05, 4.69) is 17.9 Å². The van der Waals surface area contributed by atoms with Gasteiger partial charge in [-0.15, -0.1) is 0 Å². The monoisotopic (exact) mass is 332 g/mol.